The van der Waals surface area contributed by atoms with E-state index in [-0.39, 0.29) is 6.04 Å². The average Bonchev–Trinajstić information content (AvgIpc) is 2.48. The van der Waals surface area contributed by atoms with Gasteiger partial charge in [0.05, 0.1) is 7.11 Å². The molecule has 3 nitrogen and oxygen atoms in total. The predicted octanol–water partition coefficient (Wildman–Crippen LogP) is 3.29. The number of hydrogen-bond donors (Lipinski definition) is 1. The monoisotopic (exact) mass is 270 g/mol. The lowest BCUT2D eigenvalue weighted by Gasteiger charge is -2.21. The van der Waals surface area contributed by atoms with Gasteiger partial charge in [-0.3, -0.25) is 4.98 Å². The minimum Gasteiger partial charge on any atom is -0.496 e. The van der Waals surface area contributed by atoms with Gasteiger partial charge in [-0.2, -0.15) is 0 Å². The number of methoxy groups -OCH3 is 1. The smallest absolute Gasteiger partial charge is 0.123 e. The molecule has 3 heteroatoms. The number of aryl methyl sites for hydroxylation is 1. The molecule has 1 heterocycles. The van der Waals surface area contributed by atoms with Crippen molar-refractivity contribution in [3.8, 4) is 5.75 Å². The molecule has 0 fully saturated rings. The first-order chi connectivity index (χ1) is 9.74. The van der Waals surface area contributed by atoms with Gasteiger partial charge in [0.25, 0.3) is 0 Å². The van der Waals surface area contributed by atoms with Gasteiger partial charge in [0.15, 0.2) is 0 Å². The van der Waals surface area contributed by atoms with E-state index in [1.807, 2.05) is 12.4 Å². The summed E-state index contributed by atoms with van der Waals surface area (Å²) >= 11 is 0. The molecular formula is C17H22N2O. The van der Waals surface area contributed by atoms with Crippen molar-refractivity contribution in [1.82, 2.24) is 10.3 Å². The zero-order chi connectivity index (χ0) is 14.4. The second-order valence-electron chi connectivity index (χ2n) is 4.92. The summed E-state index contributed by atoms with van der Waals surface area (Å²) in [4.78, 5) is 4.07. The molecule has 1 aromatic carbocycles. The number of likely N-dealkylation sites (N-methyl/N-ethyl adjacent to an activating group) is 1. The van der Waals surface area contributed by atoms with Gasteiger partial charge < -0.3 is 10.1 Å². The molecule has 0 amide bonds. The standard InChI is InChI=1S/C17H22N2O/c1-4-19-16(12-14-7-9-18-10-8-14)15-6-5-13(2)11-17(15)20-3/h5-11,16,19H,4,12H2,1-3H3. The number of nitrogens with one attached hydrogen (secondary N) is 1. The van der Waals surface area contributed by atoms with Crippen molar-refractivity contribution in [3.05, 3.63) is 59.4 Å². The first-order valence-electron chi connectivity index (χ1n) is 7.01. The molecule has 0 aliphatic rings. The Morgan fingerprint density at radius 1 is 1.20 bits per heavy atom. The van der Waals surface area contributed by atoms with E-state index in [2.05, 4.69) is 54.5 Å². The van der Waals surface area contributed by atoms with Gasteiger partial charge in [0.2, 0.25) is 0 Å². The van der Waals surface area contributed by atoms with Crippen LogP contribution in [0.1, 0.15) is 29.7 Å². The highest BCUT2D eigenvalue weighted by Gasteiger charge is 2.15. The molecule has 1 atom stereocenters. The van der Waals surface area contributed by atoms with Crippen LogP contribution in [0.2, 0.25) is 0 Å². The van der Waals surface area contributed by atoms with Crippen LogP contribution in [0, 0.1) is 6.92 Å². The molecular weight excluding hydrogens is 248 g/mol. The third-order valence-electron chi connectivity index (χ3n) is 3.40. The van der Waals surface area contributed by atoms with Crippen molar-refractivity contribution in [3.63, 3.8) is 0 Å². The lowest BCUT2D eigenvalue weighted by atomic mass is 9.97. The fourth-order valence-electron chi connectivity index (χ4n) is 2.40. The number of ether oxygens (including phenoxy) is 1. The Bertz CT molecular complexity index is 540. The third kappa shape index (κ3) is 3.58. The van der Waals surface area contributed by atoms with Gasteiger partial charge in [-0.1, -0.05) is 19.1 Å². The van der Waals surface area contributed by atoms with Crippen LogP contribution in [-0.2, 0) is 6.42 Å². The number of nitrogens with zero attached hydrogens (tertiary/aromatic N) is 1. The summed E-state index contributed by atoms with van der Waals surface area (Å²) in [5.74, 6) is 0.949. The first kappa shape index (κ1) is 14.5. The van der Waals surface area contributed by atoms with Crippen molar-refractivity contribution >= 4 is 0 Å². The quantitative estimate of drug-likeness (QED) is 0.874. The highest BCUT2D eigenvalue weighted by atomic mass is 16.5. The number of rotatable bonds is 6. The summed E-state index contributed by atoms with van der Waals surface area (Å²) in [6.45, 7) is 5.13. The Balaban J connectivity index is 2.28. The highest BCUT2D eigenvalue weighted by Crippen LogP contribution is 2.28. The second kappa shape index (κ2) is 7.06. The molecule has 0 saturated heterocycles. The molecule has 0 aliphatic carbocycles. The molecule has 0 radical (unpaired) electrons. The number of aromatic nitrogens is 1. The van der Waals surface area contributed by atoms with Crippen LogP contribution < -0.4 is 10.1 Å². The first-order valence-corrected chi connectivity index (χ1v) is 7.01. The van der Waals surface area contributed by atoms with Gasteiger partial charge in [-0.25, -0.2) is 0 Å². The molecule has 2 rings (SSSR count). The van der Waals surface area contributed by atoms with Gasteiger partial charge in [-0.05, 0) is 49.2 Å². The molecule has 0 spiro atoms. The van der Waals surface area contributed by atoms with Crippen molar-refractivity contribution in [2.75, 3.05) is 13.7 Å². The van der Waals surface area contributed by atoms with Gasteiger partial charge in [0, 0.05) is 24.0 Å². The Hall–Kier alpha value is -1.87. The molecule has 106 valence electrons. The molecule has 1 unspecified atom stereocenters. The summed E-state index contributed by atoms with van der Waals surface area (Å²) in [6.07, 6.45) is 4.60. The van der Waals surface area contributed by atoms with E-state index in [0.29, 0.717) is 0 Å². The molecule has 0 bridgehead atoms. The van der Waals surface area contributed by atoms with E-state index in [4.69, 9.17) is 4.74 Å². The Morgan fingerprint density at radius 3 is 2.60 bits per heavy atom. The maximum atomic E-state index is 5.54. The Morgan fingerprint density at radius 2 is 1.95 bits per heavy atom. The minimum absolute atomic E-state index is 0.248. The van der Waals surface area contributed by atoms with Crippen LogP contribution in [-0.4, -0.2) is 18.6 Å². The average molecular weight is 270 g/mol. The van der Waals surface area contributed by atoms with E-state index in [1.165, 1.54) is 16.7 Å². The molecule has 20 heavy (non-hydrogen) atoms. The highest BCUT2D eigenvalue weighted by molar-refractivity contribution is 5.40. The summed E-state index contributed by atoms with van der Waals surface area (Å²) in [7, 11) is 1.73. The summed E-state index contributed by atoms with van der Waals surface area (Å²) in [6, 6.07) is 10.7. The van der Waals surface area contributed by atoms with Crippen molar-refractivity contribution in [2.45, 2.75) is 26.3 Å². The fourth-order valence-corrected chi connectivity index (χ4v) is 2.40. The minimum atomic E-state index is 0.248. The second-order valence-corrected chi connectivity index (χ2v) is 4.92. The zero-order valence-corrected chi connectivity index (χ0v) is 12.4. The fraction of sp³-hybridized carbons (Fsp3) is 0.353. The Labute approximate surface area is 121 Å². The van der Waals surface area contributed by atoms with Crippen LogP contribution in [0.15, 0.2) is 42.7 Å². The molecule has 1 N–H and O–H groups in total. The van der Waals surface area contributed by atoms with E-state index >= 15 is 0 Å². The molecule has 2 aromatic rings. The largest absolute Gasteiger partial charge is 0.496 e. The SMILES string of the molecule is CCNC(Cc1ccncc1)c1ccc(C)cc1OC. The molecule has 0 saturated carbocycles. The zero-order valence-electron chi connectivity index (χ0n) is 12.4. The lowest BCUT2D eigenvalue weighted by molar-refractivity contribution is 0.399. The van der Waals surface area contributed by atoms with E-state index in [9.17, 15) is 0 Å². The molecule has 1 aromatic heterocycles. The topological polar surface area (TPSA) is 34.2 Å². The lowest BCUT2D eigenvalue weighted by Crippen LogP contribution is -2.23. The summed E-state index contributed by atoms with van der Waals surface area (Å²) in [5, 5.41) is 3.54. The number of pyridine rings is 1. The predicted molar refractivity (Wildman–Crippen MR) is 82.1 cm³/mol. The summed E-state index contributed by atoms with van der Waals surface area (Å²) in [5.41, 5.74) is 3.69. The maximum absolute atomic E-state index is 5.54. The van der Waals surface area contributed by atoms with Crippen LogP contribution in [0.25, 0.3) is 0 Å². The van der Waals surface area contributed by atoms with Crippen LogP contribution in [0.5, 0.6) is 5.75 Å². The Kier molecular flexibility index (Phi) is 5.13. The third-order valence-corrected chi connectivity index (χ3v) is 3.40. The number of benzene rings is 1. The van der Waals surface area contributed by atoms with Crippen LogP contribution in [0.3, 0.4) is 0 Å². The van der Waals surface area contributed by atoms with Crippen molar-refractivity contribution < 1.29 is 4.74 Å². The van der Waals surface area contributed by atoms with Gasteiger partial charge in [0.1, 0.15) is 5.75 Å². The van der Waals surface area contributed by atoms with E-state index in [1.54, 1.807) is 7.11 Å². The van der Waals surface area contributed by atoms with Crippen molar-refractivity contribution in [1.29, 1.82) is 0 Å². The van der Waals surface area contributed by atoms with E-state index < -0.39 is 0 Å². The molecule has 0 aliphatic heterocycles. The number of hydrogen-bond acceptors (Lipinski definition) is 3. The van der Waals surface area contributed by atoms with Gasteiger partial charge in [-0.15, -0.1) is 0 Å². The van der Waals surface area contributed by atoms with E-state index in [0.717, 1.165) is 18.7 Å². The van der Waals surface area contributed by atoms with Gasteiger partial charge >= 0.3 is 0 Å². The summed E-state index contributed by atoms with van der Waals surface area (Å²) < 4.78 is 5.54. The normalized spacial score (nSPS) is 12.2. The van der Waals surface area contributed by atoms with Crippen molar-refractivity contribution in [2.24, 2.45) is 0 Å². The van der Waals surface area contributed by atoms with Crippen LogP contribution >= 0.6 is 0 Å². The maximum Gasteiger partial charge on any atom is 0.123 e. The van der Waals surface area contributed by atoms with Crippen LogP contribution in [0.4, 0.5) is 0 Å².